The van der Waals surface area contributed by atoms with Crippen LogP contribution in [-0.2, 0) is 9.59 Å². The monoisotopic (exact) mass is 530 g/mol. The van der Waals surface area contributed by atoms with E-state index in [4.69, 9.17) is 4.74 Å². The van der Waals surface area contributed by atoms with Crippen molar-refractivity contribution in [1.82, 2.24) is 0 Å². The largest absolute Gasteiger partial charge is 0.494 e. The number of ketones is 1. The van der Waals surface area contributed by atoms with Gasteiger partial charge < -0.3 is 15.4 Å². The molecule has 4 aromatic rings. The highest BCUT2D eigenvalue weighted by atomic mass is 16.5. The topological polar surface area (TPSA) is 109 Å². The summed E-state index contributed by atoms with van der Waals surface area (Å²) < 4.78 is 5.55. The molecule has 8 nitrogen and oxygen atoms in total. The molecule has 40 heavy (non-hydrogen) atoms. The Morgan fingerprint density at radius 3 is 2.17 bits per heavy atom. The fraction of sp³-hybridized carbons (Fsp3) is 0.0625. The fourth-order valence-corrected chi connectivity index (χ4v) is 4.29. The molecule has 0 aromatic heterocycles. The average molecular weight is 531 g/mol. The van der Waals surface area contributed by atoms with Crippen LogP contribution < -0.4 is 20.8 Å². The SMILES string of the molecule is COc1cc(NC(=O)c2ccccc2)c(C)cc1N/N=C1/C(=O)C(C(=O)Nc2ccccc2)=Cc2ccccc21. The number of nitrogens with zero attached hydrogens (tertiary/aromatic N) is 1. The van der Waals surface area contributed by atoms with Gasteiger partial charge in [-0.25, -0.2) is 0 Å². The molecule has 3 N–H and O–H groups in total. The summed E-state index contributed by atoms with van der Waals surface area (Å²) in [7, 11) is 1.50. The molecule has 0 saturated heterocycles. The normalized spacial score (nSPS) is 13.2. The molecule has 5 rings (SSSR count). The Hall–Kier alpha value is -5.50. The molecule has 198 valence electrons. The number of hydrogen-bond donors (Lipinski definition) is 3. The Morgan fingerprint density at radius 2 is 1.45 bits per heavy atom. The van der Waals surface area contributed by atoms with Crippen LogP contribution in [0.5, 0.6) is 5.75 Å². The van der Waals surface area contributed by atoms with Crippen molar-refractivity contribution in [3.8, 4) is 5.75 Å². The molecular weight excluding hydrogens is 504 g/mol. The summed E-state index contributed by atoms with van der Waals surface area (Å²) in [5.41, 5.74) is 7.23. The minimum absolute atomic E-state index is 0.0229. The first kappa shape index (κ1) is 26.1. The van der Waals surface area contributed by atoms with E-state index >= 15 is 0 Å². The number of carbonyl (C=O) groups excluding carboxylic acids is 3. The summed E-state index contributed by atoms with van der Waals surface area (Å²) in [5, 5.41) is 10.1. The van der Waals surface area contributed by atoms with Gasteiger partial charge in [0.15, 0.2) is 0 Å². The van der Waals surface area contributed by atoms with E-state index in [-0.39, 0.29) is 17.2 Å². The molecule has 0 unspecified atom stereocenters. The molecule has 0 atom stereocenters. The van der Waals surface area contributed by atoms with Crippen LogP contribution in [0.1, 0.15) is 27.0 Å². The maximum atomic E-state index is 13.5. The number of carbonyl (C=O) groups is 3. The second kappa shape index (κ2) is 11.5. The molecule has 0 saturated carbocycles. The zero-order valence-corrected chi connectivity index (χ0v) is 21.9. The Bertz CT molecular complexity index is 1660. The lowest BCUT2D eigenvalue weighted by Crippen LogP contribution is -2.30. The number of aryl methyl sites for hydroxylation is 1. The average Bonchev–Trinajstić information content (AvgIpc) is 2.98. The van der Waals surface area contributed by atoms with Crippen LogP contribution in [0.4, 0.5) is 17.1 Å². The van der Waals surface area contributed by atoms with E-state index in [0.29, 0.717) is 39.5 Å². The van der Waals surface area contributed by atoms with Gasteiger partial charge in [-0.2, -0.15) is 5.10 Å². The van der Waals surface area contributed by atoms with E-state index in [9.17, 15) is 14.4 Å². The minimum atomic E-state index is -0.523. The van der Waals surface area contributed by atoms with Crippen LogP contribution in [0.25, 0.3) is 6.08 Å². The quantitative estimate of drug-likeness (QED) is 0.211. The van der Waals surface area contributed by atoms with E-state index in [1.54, 1.807) is 78.9 Å². The molecular formula is C32H26N4O4. The fourth-order valence-electron chi connectivity index (χ4n) is 4.29. The number of benzene rings is 4. The highest BCUT2D eigenvalue weighted by Crippen LogP contribution is 2.32. The van der Waals surface area contributed by atoms with Gasteiger partial charge in [0.2, 0.25) is 5.78 Å². The van der Waals surface area contributed by atoms with Gasteiger partial charge in [-0.15, -0.1) is 0 Å². The maximum absolute atomic E-state index is 13.5. The predicted molar refractivity (Wildman–Crippen MR) is 157 cm³/mol. The van der Waals surface area contributed by atoms with Crippen LogP contribution in [0, 0.1) is 6.92 Å². The smallest absolute Gasteiger partial charge is 0.259 e. The van der Waals surface area contributed by atoms with Crippen molar-refractivity contribution in [2.24, 2.45) is 5.10 Å². The standard InChI is InChI=1S/C32H26N4O4/c1-20-17-27(28(40-2)19-26(20)34-31(38)21-11-5-3-6-12-21)35-36-29-24-16-10-9-13-22(24)18-25(30(29)37)32(39)33-23-14-7-4-8-15-23/h3-19,35H,1-2H3,(H,33,39)(H,34,38)/b36-29+. The lowest BCUT2D eigenvalue weighted by Gasteiger charge is -2.18. The number of Topliss-reactive ketones (excluding diaryl/α,β-unsaturated/α-hetero) is 1. The first-order valence-corrected chi connectivity index (χ1v) is 12.6. The summed E-state index contributed by atoms with van der Waals surface area (Å²) >= 11 is 0. The zero-order valence-electron chi connectivity index (χ0n) is 21.9. The molecule has 0 fully saturated rings. The molecule has 0 radical (unpaired) electrons. The first-order valence-electron chi connectivity index (χ1n) is 12.6. The number of ether oxygens (including phenoxy) is 1. The van der Waals surface area contributed by atoms with Crippen molar-refractivity contribution in [2.45, 2.75) is 6.92 Å². The van der Waals surface area contributed by atoms with E-state index < -0.39 is 11.7 Å². The highest BCUT2D eigenvalue weighted by Gasteiger charge is 2.30. The maximum Gasteiger partial charge on any atom is 0.259 e. The van der Waals surface area contributed by atoms with E-state index in [1.165, 1.54) is 7.11 Å². The van der Waals surface area contributed by atoms with Crippen LogP contribution in [0.2, 0.25) is 0 Å². The number of fused-ring (bicyclic) bond motifs is 1. The summed E-state index contributed by atoms with van der Waals surface area (Å²) in [4.78, 5) is 39.2. The summed E-state index contributed by atoms with van der Waals surface area (Å²) in [6.45, 7) is 1.84. The molecule has 8 heteroatoms. The summed E-state index contributed by atoms with van der Waals surface area (Å²) in [5.74, 6) is -0.871. The number of hydrogen-bond acceptors (Lipinski definition) is 6. The molecule has 1 aliphatic carbocycles. The Kier molecular flexibility index (Phi) is 7.50. The van der Waals surface area contributed by atoms with Gasteiger partial charge in [-0.05, 0) is 54.5 Å². The minimum Gasteiger partial charge on any atom is -0.494 e. The van der Waals surface area contributed by atoms with Crippen molar-refractivity contribution in [3.05, 3.63) is 125 Å². The first-order chi connectivity index (χ1) is 19.4. The number of nitrogens with one attached hydrogen (secondary N) is 3. The van der Waals surface area contributed by atoms with Gasteiger partial charge in [0.1, 0.15) is 11.5 Å². The van der Waals surface area contributed by atoms with Gasteiger partial charge >= 0.3 is 0 Å². The van der Waals surface area contributed by atoms with E-state index in [2.05, 4.69) is 21.2 Å². The number of para-hydroxylation sites is 1. The van der Waals surface area contributed by atoms with Crippen LogP contribution >= 0.6 is 0 Å². The number of methoxy groups -OCH3 is 1. The highest BCUT2D eigenvalue weighted by molar-refractivity contribution is 6.59. The van der Waals surface area contributed by atoms with E-state index in [0.717, 1.165) is 5.56 Å². The van der Waals surface area contributed by atoms with E-state index in [1.807, 2.05) is 31.2 Å². The molecule has 0 aliphatic heterocycles. The van der Waals surface area contributed by atoms with Gasteiger partial charge in [0.25, 0.3) is 11.8 Å². The Morgan fingerprint density at radius 1 is 0.775 bits per heavy atom. The van der Waals surface area contributed by atoms with Gasteiger partial charge in [-0.1, -0.05) is 60.7 Å². The van der Waals surface area contributed by atoms with Crippen molar-refractivity contribution in [3.63, 3.8) is 0 Å². The van der Waals surface area contributed by atoms with Crippen molar-refractivity contribution in [1.29, 1.82) is 0 Å². The van der Waals surface area contributed by atoms with Crippen molar-refractivity contribution in [2.75, 3.05) is 23.2 Å². The third-order valence-corrected chi connectivity index (χ3v) is 6.37. The molecule has 0 bridgehead atoms. The molecule has 0 spiro atoms. The third kappa shape index (κ3) is 5.51. The van der Waals surface area contributed by atoms with Gasteiger partial charge in [0, 0.05) is 28.6 Å². The van der Waals surface area contributed by atoms with Crippen LogP contribution in [0.3, 0.4) is 0 Å². The summed E-state index contributed by atoms with van der Waals surface area (Å²) in [6, 6.07) is 28.5. The summed E-state index contributed by atoms with van der Waals surface area (Å²) in [6.07, 6.45) is 1.57. The lowest BCUT2D eigenvalue weighted by atomic mass is 9.89. The van der Waals surface area contributed by atoms with Crippen LogP contribution in [0.15, 0.2) is 108 Å². The Balaban J connectivity index is 1.42. The number of hydrazone groups is 1. The number of anilines is 3. The van der Waals surface area contributed by atoms with Gasteiger partial charge in [-0.3, -0.25) is 19.8 Å². The predicted octanol–water partition coefficient (Wildman–Crippen LogP) is 5.68. The second-order valence-corrected chi connectivity index (χ2v) is 9.05. The number of rotatable bonds is 7. The van der Waals surface area contributed by atoms with Gasteiger partial charge in [0.05, 0.1) is 18.4 Å². The van der Waals surface area contributed by atoms with Crippen molar-refractivity contribution >= 4 is 46.4 Å². The Labute approximate surface area is 231 Å². The lowest BCUT2D eigenvalue weighted by molar-refractivity contribution is -0.116. The molecule has 1 aliphatic rings. The molecule has 0 heterocycles. The van der Waals surface area contributed by atoms with Crippen LogP contribution in [-0.4, -0.2) is 30.4 Å². The van der Waals surface area contributed by atoms with Crippen molar-refractivity contribution < 1.29 is 19.1 Å². The molecule has 2 amide bonds. The number of amides is 2. The third-order valence-electron chi connectivity index (χ3n) is 6.37. The second-order valence-electron chi connectivity index (χ2n) is 9.05. The zero-order chi connectivity index (χ0) is 28.1. The molecule has 4 aromatic carbocycles.